The van der Waals surface area contributed by atoms with Gasteiger partial charge in [0.1, 0.15) is 5.69 Å². The van der Waals surface area contributed by atoms with Crippen molar-refractivity contribution in [3.8, 4) is 0 Å². The second-order valence-corrected chi connectivity index (χ2v) is 5.15. The lowest BCUT2D eigenvalue weighted by molar-refractivity contribution is 0.0468. The fourth-order valence-electron chi connectivity index (χ4n) is 1.01. The van der Waals surface area contributed by atoms with Gasteiger partial charge in [0.25, 0.3) is 5.91 Å². The van der Waals surface area contributed by atoms with Gasteiger partial charge in [-0.2, -0.15) is 0 Å². The van der Waals surface area contributed by atoms with Gasteiger partial charge in [0.05, 0.1) is 17.2 Å². The second-order valence-electron chi connectivity index (χ2n) is 4.09. The molecule has 5 heteroatoms. The smallest absolute Gasteiger partial charge is 0.273 e. The minimum Gasteiger partial charge on any atom is -0.394 e. The van der Waals surface area contributed by atoms with Crippen molar-refractivity contribution in [2.45, 2.75) is 26.3 Å². The van der Waals surface area contributed by atoms with Crippen molar-refractivity contribution in [2.24, 2.45) is 0 Å². The number of nitrogens with zero attached hydrogens (tertiary/aromatic N) is 2. The average Bonchev–Trinajstić information content (AvgIpc) is 2.62. The zero-order valence-corrected chi connectivity index (χ0v) is 10.3. The molecule has 1 heterocycles. The molecule has 15 heavy (non-hydrogen) atoms. The van der Waals surface area contributed by atoms with Crippen LogP contribution >= 0.6 is 11.3 Å². The summed E-state index contributed by atoms with van der Waals surface area (Å²) in [6.45, 7) is 5.41. The van der Waals surface area contributed by atoms with Crippen LogP contribution in [0.5, 0.6) is 0 Å². The molecule has 0 atom stereocenters. The summed E-state index contributed by atoms with van der Waals surface area (Å²) in [6, 6.07) is 0. The Labute approximate surface area is 93.6 Å². The minimum absolute atomic E-state index is 0.0711. The Morgan fingerprint density at radius 3 is 2.67 bits per heavy atom. The van der Waals surface area contributed by atoms with Crippen LogP contribution in [-0.2, 0) is 0 Å². The van der Waals surface area contributed by atoms with Gasteiger partial charge in [0.2, 0.25) is 0 Å². The number of hydrogen-bond donors (Lipinski definition) is 1. The monoisotopic (exact) mass is 228 g/mol. The van der Waals surface area contributed by atoms with Gasteiger partial charge >= 0.3 is 0 Å². The van der Waals surface area contributed by atoms with Crippen LogP contribution in [0.1, 0.15) is 29.3 Å². The predicted octanol–water partition coefficient (Wildman–Crippen LogP) is 1.29. The topological polar surface area (TPSA) is 53.4 Å². The molecule has 0 spiro atoms. The van der Waals surface area contributed by atoms with Gasteiger partial charge in [-0.15, -0.1) is 11.3 Å². The van der Waals surface area contributed by atoms with E-state index in [1.54, 1.807) is 12.4 Å². The molecular weight excluding hydrogens is 212 g/mol. The number of aliphatic hydroxyl groups excluding tert-OH is 1. The third kappa shape index (κ3) is 2.54. The number of carbonyl (C=O) groups excluding carboxylic acids is 1. The summed E-state index contributed by atoms with van der Waals surface area (Å²) in [5.74, 6) is -0.154. The third-order valence-corrected chi connectivity index (χ3v) is 3.21. The molecule has 1 aromatic heterocycles. The summed E-state index contributed by atoms with van der Waals surface area (Å²) in [4.78, 5) is 17.6. The average molecular weight is 228 g/mol. The van der Waals surface area contributed by atoms with Crippen LogP contribution in [0.25, 0.3) is 0 Å². The molecule has 4 nitrogen and oxygen atoms in total. The number of hydrogen-bond acceptors (Lipinski definition) is 4. The number of aliphatic hydroxyl groups is 1. The lowest BCUT2D eigenvalue weighted by Gasteiger charge is -2.33. The van der Waals surface area contributed by atoms with Gasteiger partial charge in [0.15, 0.2) is 0 Å². The zero-order chi connectivity index (χ0) is 11.6. The molecule has 84 valence electrons. The summed E-state index contributed by atoms with van der Waals surface area (Å²) < 4.78 is 0. The Morgan fingerprint density at radius 2 is 2.27 bits per heavy atom. The minimum atomic E-state index is -0.561. The van der Waals surface area contributed by atoms with Crippen molar-refractivity contribution < 1.29 is 9.90 Å². The Balaban J connectivity index is 2.86. The number of likely N-dealkylation sites (N-methyl/N-ethyl adjacent to an activating group) is 1. The second kappa shape index (κ2) is 4.28. The van der Waals surface area contributed by atoms with Gasteiger partial charge in [-0.3, -0.25) is 4.79 Å². The Bertz CT molecular complexity index is 360. The van der Waals surface area contributed by atoms with Crippen LogP contribution in [0.15, 0.2) is 5.38 Å². The fourth-order valence-corrected chi connectivity index (χ4v) is 1.60. The molecule has 1 N–H and O–H groups in total. The van der Waals surface area contributed by atoms with E-state index in [1.807, 2.05) is 20.8 Å². The fraction of sp³-hybridized carbons (Fsp3) is 0.600. The summed E-state index contributed by atoms with van der Waals surface area (Å²) in [5, 5.41) is 11.8. The van der Waals surface area contributed by atoms with E-state index in [0.29, 0.717) is 5.69 Å². The maximum absolute atomic E-state index is 11.9. The van der Waals surface area contributed by atoms with E-state index in [0.717, 1.165) is 5.01 Å². The standard InChI is InChI=1S/C10H16N2O2S/c1-7-11-8(5-15-7)9(14)12(4)10(2,3)6-13/h5,13H,6H2,1-4H3. The number of aromatic nitrogens is 1. The number of amides is 1. The largest absolute Gasteiger partial charge is 0.394 e. The molecule has 0 aliphatic carbocycles. The van der Waals surface area contributed by atoms with Crippen molar-refractivity contribution in [1.29, 1.82) is 0 Å². The van der Waals surface area contributed by atoms with Gasteiger partial charge in [-0.25, -0.2) is 4.98 Å². The quantitative estimate of drug-likeness (QED) is 0.848. The van der Waals surface area contributed by atoms with E-state index in [9.17, 15) is 4.79 Å². The third-order valence-electron chi connectivity index (χ3n) is 2.44. The normalized spacial score (nSPS) is 11.5. The number of rotatable bonds is 3. The first-order valence-corrected chi connectivity index (χ1v) is 5.57. The van der Waals surface area contributed by atoms with E-state index >= 15 is 0 Å². The first-order chi connectivity index (χ1) is 6.88. The highest BCUT2D eigenvalue weighted by atomic mass is 32.1. The van der Waals surface area contributed by atoms with E-state index < -0.39 is 5.54 Å². The summed E-state index contributed by atoms with van der Waals surface area (Å²) >= 11 is 1.45. The van der Waals surface area contributed by atoms with Crippen molar-refractivity contribution in [1.82, 2.24) is 9.88 Å². The van der Waals surface area contributed by atoms with Gasteiger partial charge in [0, 0.05) is 12.4 Å². The molecule has 0 unspecified atom stereocenters. The molecule has 0 radical (unpaired) electrons. The summed E-state index contributed by atoms with van der Waals surface area (Å²) in [5.41, 5.74) is -0.115. The summed E-state index contributed by atoms with van der Waals surface area (Å²) in [7, 11) is 1.67. The molecule has 1 amide bonds. The molecule has 0 aliphatic heterocycles. The van der Waals surface area contributed by atoms with E-state index in [2.05, 4.69) is 4.98 Å². The summed E-state index contributed by atoms with van der Waals surface area (Å²) in [6.07, 6.45) is 0. The maximum atomic E-state index is 11.9. The molecule has 0 aliphatic rings. The molecule has 0 fully saturated rings. The highest BCUT2D eigenvalue weighted by Crippen LogP contribution is 2.16. The van der Waals surface area contributed by atoms with Crippen LogP contribution in [-0.4, -0.2) is 40.1 Å². The van der Waals surface area contributed by atoms with Gasteiger partial charge < -0.3 is 10.0 Å². The SMILES string of the molecule is Cc1nc(C(=O)N(C)C(C)(C)CO)cs1. The molecule has 0 saturated heterocycles. The van der Waals surface area contributed by atoms with Gasteiger partial charge in [-0.05, 0) is 20.8 Å². The van der Waals surface area contributed by atoms with Crippen LogP contribution in [0.4, 0.5) is 0 Å². The van der Waals surface area contributed by atoms with Crippen molar-refractivity contribution in [2.75, 3.05) is 13.7 Å². The van der Waals surface area contributed by atoms with Crippen molar-refractivity contribution in [3.63, 3.8) is 0 Å². The molecule has 0 bridgehead atoms. The lowest BCUT2D eigenvalue weighted by atomic mass is 10.1. The van der Waals surface area contributed by atoms with Crippen molar-refractivity contribution in [3.05, 3.63) is 16.1 Å². The molecular formula is C10H16N2O2S. The van der Waals surface area contributed by atoms with Gasteiger partial charge in [-0.1, -0.05) is 0 Å². The number of thiazole rings is 1. The zero-order valence-electron chi connectivity index (χ0n) is 9.44. The Morgan fingerprint density at radius 1 is 1.67 bits per heavy atom. The van der Waals surface area contributed by atoms with Crippen LogP contribution < -0.4 is 0 Å². The number of aryl methyl sites for hydroxylation is 1. The first-order valence-electron chi connectivity index (χ1n) is 4.69. The molecule has 0 aromatic carbocycles. The molecule has 1 rings (SSSR count). The van der Waals surface area contributed by atoms with E-state index in [-0.39, 0.29) is 12.5 Å². The molecule has 0 saturated carbocycles. The highest BCUT2D eigenvalue weighted by Gasteiger charge is 2.28. The van der Waals surface area contributed by atoms with E-state index in [1.165, 1.54) is 16.2 Å². The van der Waals surface area contributed by atoms with E-state index in [4.69, 9.17) is 5.11 Å². The van der Waals surface area contributed by atoms with Crippen molar-refractivity contribution >= 4 is 17.2 Å². The first kappa shape index (κ1) is 12.1. The maximum Gasteiger partial charge on any atom is 0.273 e. The Kier molecular flexibility index (Phi) is 3.46. The highest BCUT2D eigenvalue weighted by molar-refractivity contribution is 7.09. The van der Waals surface area contributed by atoms with Crippen LogP contribution in [0, 0.1) is 6.92 Å². The lowest BCUT2D eigenvalue weighted by Crippen LogP contribution is -2.47. The Hall–Kier alpha value is -0.940. The van der Waals surface area contributed by atoms with Crippen LogP contribution in [0.2, 0.25) is 0 Å². The predicted molar refractivity (Wildman–Crippen MR) is 60.1 cm³/mol. The number of carbonyl (C=O) groups is 1. The van der Waals surface area contributed by atoms with Crippen LogP contribution in [0.3, 0.4) is 0 Å². The molecule has 1 aromatic rings.